The minimum atomic E-state index is -3.58. The fourth-order valence-electron chi connectivity index (χ4n) is 1.75. The molecule has 0 saturated carbocycles. The van der Waals surface area contributed by atoms with Gasteiger partial charge in [0.2, 0.25) is 5.91 Å². The minimum absolute atomic E-state index is 0.0252. The molecule has 7 heteroatoms. The predicted octanol–water partition coefficient (Wildman–Crippen LogP) is 0.451. The van der Waals surface area contributed by atoms with Crippen LogP contribution in [-0.2, 0) is 30.6 Å². The van der Waals surface area contributed by atoms with E-state index in [1.165, 1.54) is 0 Å². The van der Waals surface area contributed by atoms with Gasteiger partial charge in [0.15, 0.2) is 15.1 Å². The smallest absolute Gasteiger partial charge is 0.324 e. The van der Waals surface area contributed by atoms with Crippen LogP contribution in [0.3, 0.4) is 0 Å². The Kier molecular flexibility index (Phi) is 6.36. The number of nitrogens with two attached hydrogens (primary N) is 1. The van der Waals surface area contributed by atoms with Crippen molar-refractivity contribution < 1.29 is 22.7 Å². The van der Waals surface area contributed by atoms with E-state index in [4.69, 9.17) is 10.5 Å². The molecule has 0 aliphatic rings. The van der Waals surface area contributed by atoms with E-state index in [9.17, 15) is 18.0 Å². The van der Waals surface area contributed by atoms with Gasteiger partial charge in [-0.3, -0.25) is 9.59 Å². The van der Waals surface area contributed by atoms with Crippen LogP contribution in [-0.4, -0.2) is 38.4 Å². The molecular weight excluding hydrogens is 294 g/mol. The maximum Gasteiger partial charge on any atom is 0.324 e. The van der Waals surface area contributed by atoms with Gasteiger partial charge < -0.3 is 10.5 Å². The standard InChI is InChI=1S/C14H19NO5S/c1-21(18,19)12(10-11-6-3-2-4-7-11)14(17)20-9-5-8-13(15)16/h2-4,6-7,12H,5,8-10H2,1H3,(H2,15,16)/t12-/m1/s1. The third-order valence-corrected chi connectivity index (χ3v) is 4.25. The highest BCUT2D eigenvalue weighted by atomic mass is 32.2. The van der Waals surface area contributed by atoms with Gasteiger partial charge in [-0.05, 0) is 18.4 Å². The van der Waals surface area contributed by atoms with Crippen LogP contribution in [0.4, 0.5) is 0 Å². The molecule has 1 aromatic carbocycles. The Hall–Kier alpha value is -1.89. The number of hydrogen-bond acceptors (Lipinski definition) is 5. The fourth-order valence-corrected chi connectivity index (χ4v) is 2.66. The first kappa shape index (κ1) is 17.2. The number of carbonyl (C=O) groups excluding carboxylic acids is 2. The molecule has 0 aliphatic heterocycles. The molecule has 0 aliphatic carbocycles. The van der Waals surface area contributed by atoms with Crippen LogP contribution in [0.5, 0.6) is 0 Å². The van der Waals surface area contributed by atoms with Gasteiger partial charge >= 0.3 is 5.97 Å². The van der Waals surface area contributed by atoms with Gasteiger partial charge in [0.25, 0.3) is 0 Å². The molecule has 21 heavy (non-hydrogen) atoms. The lowest BCUT2D eigenvalue weighted by molar-refractivity contribution is -0.143. The Balaban J connectivity index is 2.66. The average Bonchev–Trinajstić information content (AvgIpc) is 2.40. The van der Waals surface area contributed by atoms with Crippen molar-refractivity contribution in [2.75, 3.05) is 12.9 Å². The molecule has 0 bridgehead atoms. The van der Waals surface area contributed by atoms with E-state index in [-0.39, 0.29) is 25.9 Å². The highest BCUT2D eigenvalue weighted by molar-refractivity contribution is 7.92. The van der Waals surface area contributed by atoms with Crippen LogP contribution in [0, 0.1) is 0 Å². The van der Waals surface area contributed by atoms with Crippen molar-refractivity contribution in [1.29, 1.82) is 0 Å². The maximum atomic E-state index is 11.9. The largest absolute Gasteiger partial charge is 0.465 e. The monoisotopic (exact) mass is 313 g/mol. The number of hydrogen-bond donors (Lipinski definition) is 1. The lowest BCUT2D eigenvalue weighted by Gasteiger charge is -2.14. The Bertz CT molecular complexity index is 583. The van der Waals surface area contributed by atoms with Crippen molar-refractivity contribution in [2.24, 2.45) is 5.73 Å². The minimum Gasteiger partial charge on any atom is -0.465 e. The zero-order valence-corrected chi connectivity index (χ0v) is 12.6. The quantitative estimate of drug-likeness (QED) is 0.554. The van der Waals surface area contributed by atoms with E-state index in [0.29, 0.717) is 0 Å². The first-order chi connectivity index (χ1) is 9.80. The Labute approximate surface area is 124 Å². The summed E-state index contributed by atoms with van der Waals surface area (Å²) in [7, 11) is -3.58. The number of esters is 1. The predicted molar refractivity (Wildman–Crippen MR) is 78.2 cm³/mol. The fraction of sp³-hybridized carbons (Fsp3) is 0.429. The van der Waals surface area contributed by atoms with E-state index in [0.717, 1.165) is 11.8 Å². The van der Waals surface area contributed by atoms with Gasteiger partial charge in [-0.2, -0.15) is 0 Å². The summed E-state index contributed by atoms with van der Waals surface area (Å²) in [5.74, 6) is -1.29. The highest BCUT2D eigenvalue weighted by Crippen LogP contribution is 2.11. The van der Waals surface area contributed by atoms with E-state index in [1.807, 2.05) is 0 Å². The number of rotatable bonds is 8. The molecule has 0 saturated heterocycles. The van der Waals surface area contributed by atoms with Gasteiger partial charge in [0.05, 0.1) is 6.61 Å². The second-order valence-corrected chi connectivity index (χ2v) is 6.97. The number of primary amides is 1. The Morgan fingerprint density at radius 2 is 1.86 bits per heavy atom. The summed E-state index contributed by atoms with van der Waals surface area (Å²) in [5.41, 5.74) is 5.70. The lowest BCUT2D eigenvalue weighted by Crippen LogP contribution is -2.33. The summed E-state index contributed by atoms with van der Waals surface area (Å²) in [6.45, 7) is -0.0252. The van der Waals surface area contributed by atoms with Gasteiger partial charge in [0, 0.05) is 12.7 Å². The topological polar surface area (TPSA) is 104 Å². The summed E-state index contributed by atoms with van der Waals surface area (Å²) in [4.78, 5) is 22.5. The summed E-state index contributed by atoms with van der Waals surface area (Å²) >= 11 is 0. The molecule has 0 heterocycles. The summed E-state index contributed by atoms with van der Waals surface area (Å²) in [5, 5.41) is -1.24. The molecule has 0 aromatic heterocycles. The van der Waals surface area contributed by atoms with E-state index in [1.54, 1.807) is 30.3 Å². The Morgan fingerprint density at radius 1 is 1.24 bits per heavy atom. The molecular formula is C14H19NO5S. The van der Waals surface area contributed by atoms with E-state index in [2.05, 4.69) is 0 Å². The normalized spacial score (nSPS) is 12.6. The van der Waals surface area contributed by atoms with Crippen LogP contribution in [0.15, 0.2) is 30.3 Å². The molecule has 116 valence electrons. The summed E-state index contributed by atoms with van der Waals surface area (Å²) in [6, 6.07) is 8.85. The number of ether oxygens (including phenoxy) is 1. The number of sulfone groups is 1. The van der Waals surface area contributed by atoms with Crippen molar-refractivity contribution in [3.8, 4) is 0 Å². The number of benzene rings is 1. The maximum absolute atomic E-state index is 11.9. The number of amides is 1. The first-order valence-electron chi connectivity index (χ1n) is 6.48. The molecule has 0 spiro atoms. The highest BCUT2D eigenvalue weighted by Gasteiger charge is 2.30. The zero-order valence-electron chi connectivity index (χ0n) is 11.8. The van der Waals surface area contributed by atoms with Crippen molar-refractivity contribution in [3.63, 3.8) is 0 Å². The Morgan fingerprint density at radius 3 is 2.38 bits per heavy atom. The van der Waals surface area contributed by atoms with Crippen LogP contribution >= 0.6 is 0 Å². The third kappa shape index (κ3) is 6.40. The molecule has 0 unspecified atom stereocenters. The molecule has 1 atom stereocenters. The van der Waals surface area contributed by atoms with E-state index >= 15 is 0 Å². The molecule has 2 N–H and O–H groups in total. The lowest BCUT2D eigenvalue weighted by atomic mass is 10.1. The van der Waals surface area contributed by atoms with Crippen molar-refractivity contribution in [2.45, 2.75) is 24.5 Å². The van der Waals surface area contributed by atoms with Crippen LogP contribution in [0.2, 0.25) is 0 Å². The second kappa shape index (κ2) is 7.78. The molecule has 1 aromatic rings. The molecule has 0 radical (unpaired) electrons. The second-order valence-electron chi connectivity index (χ2n) is 4.75. The van der Waals surface area contributed by atoms with Crippen molar-refractivity contribution in [1.82, 2.24) is 0 Å². The number of carbonyl (C=O) groups is 2. The van der Waals surface area contributed by atoms with Crippen molar-refractivity contribution in [3.05, 3.63) is 35.9 Å². The molecule has 1 rings (SSSR count). The van der Waals surface area contributed by atoms with Gasteiger partial charge in [-0.15, -0.1) is 0 Å². The van der Waals surface area contributed by atoms with Crippen LogP contribution in [0.1, 0.15) is 18.4 Å². The molecule has 6 nitrogen and oxygen atoms in total. The SMILES string of the molecule is CS(=O)(=O)[C@H](Cc1ccccc1)C(=O)OCCCC(N)=O. The van der Waals surface area contributed by atoms with Crippen molar-refractivity contribution >= 4 is 21.7 Å². The summed E-state index contributed by atoms with van der Waals surface area (Å²) in [6.07, 6.45) is 1.44. The average molecular weight is 313 g/mol. The molecule has 1 amide bonds. The third-order valence-electron chi connectivity index (χ3n) is 2.86. The van der Waals surface area contributed by atoms with Gasteiger partial charge in [-0.1, -0.05) is 30.3 Å². The summed E-state index contributed by atoms with van der Waals surface area (Å²) < 4.78 is 28.4. The molecule has 0 fully saturated rings. The van der Waals surface area contributed by atoms with Crippen LogP contribution < -0.4 is 5.73 Å². The van der Waals surface area contributed by atoms with Crippen LogP contribution in [0.25, 0.3) is 0 Å². The first-order valence-corrected chi connectivity index (χ1v) is 8.44. The van der Waals surface area contributed by atoms with Gasteiger partial charge in [0.1, 0.15) is 0 Å². The van der Waals surface area contributed by atoms with E-state index < -0.39 is 27.0 Å². The zero-order chi connectivity index (χ0) is 15.9. The van der Waals surface area contributed by atoms with Gasteiger partial charge in [-0.25, -0.2) is 8.42 Å².